The van der Waals surface area contributed by atoms with Crippen LogP contribution in [-0.4, -0.2) is 295 Å². The molecule has 13 atom stereocenters. The molecule has 6 aromatic rings. The van der Waals surface area contributed by atoms with Crippen LogP contribution in [0.25, 0.3) is 21.8 Å². The first-order valence-corrected chi connectivity index (χ1v) is 48.1. The number of fused-ring (bicyclic) bond motifs is 8. The van der Waals surface area contributed by atoms with Crippen LogP contribution in [-0.2, 0) is 125 Å². The number of cyclic esters (lactones) is 1. The molecular formula is C95H130ClFN20O20S. The number of carbonyl (C=O) groups excluding carboxylic acids is 17. The van der Waals surface area contributed by atoms with Gasteiger partial charge in [-0.2, -0.15) is 11.8 Å². The van der Waals surface area contributed by atoms with Gasteiger partial charge in [0, 0.05) is 130 Å². The van der Waals surface area contributed by atoms with Gasteiger partial charge in [0.1, 0.15) is 91.2 Å². The number of aliphatic hydroxyl groups is 1. The zero-order valence-electron chi connectivity index (χ0n) is 79.2. The largest absolute Gasteiger partial charge is 0.508 e. The predicted octanol–water partition coefficient (Wildman–Crippen LogP) is 0.854. The number of aromatic amines is 1. The quantitative estimate of drug-likeness (QED) is 0.0240. The molecule has 2 fully saturated rings. The molecule has 138 heavy (non-hydrogen) atoms. The lowest BCUT2D eigenvalue weighted by atomic mass is 9.99. The number of nitrogens with one attached hydrogen (secondary N) is 11. The number of hydrogen-bond acceptors (Lipinski definition) is 23. The number of thioether (sulfide) groups is 1. The molecule has 0 aliphatic carbocycles. The zero-order chi connectivity index (χ0) is 101. The fourth-order valence-corrected chi connectivity index (χ4v) is 18.2. The Morgan fingerprint density at radius 1 is 0.725 bits per heavy atom. The number of unbranched alkanes of at least 4 members (excludes halogenated alkanes) is 2. The summed E-state index contributed by atoms with van der Waals surface area (Å²) in [5.41, 5.74) is 19.7. The maximum Gasteiger partial charge on any atom is 0.326 e. The highest BCUT2D eigenvalue weighted by molar-refractivity contribution is 7.99. The molecule has 2 saturated heterocycles. The highest BCUT2D eigenvalue weighted by Crippen LogP contribution is 2.30. The van der Waals surface area contributed by atoms with Gasteiger partial charge < -0.3 is 119 Å². The van der Waals surface area contributed by atoms with Crippen molar-refractivity contribution in [2.45, 2.75) is 243 Å². The van der Waals surface area contributed by atoms with Crippen LogP contribution in [0.3, 0.4) is 0 Å². The Balaban J connectivity index is 1.02. The van der Waals surface area contributed by atoms with Gasteiger partial charge in [-0.1, -0.05) is 127 Å². The Bertz CT molecular complexity index is 5370. The number of phenols is 1. The van der Waals surface area contributed by atoms with E-state index in [0.717, 1.165) is 20.3 Å². The van der Waals surface area contributed by atoms with Crippen molar-refractivity contribution in [3.63, 3.8) is 0 Å². The lowest BCUT2D eigenvalue weighted by Crippen LogP contribution is -2.60. The molecule has 16 amide bonds. The maximum atomic E-state index is 16.7. The number of halogens is 2. The molecule has 4 aromatic carbocycles. The van der Waals surface area contributed by atoms with Crippen molar-refractivity contribution in [1.82, 2.24) is 87.2 Å². The number of para-hydroxylation sites is 2. The van der Waals surface area contributed by atoms with Crippen molar-refractivity contribution in [2.24, 2.45) is 23.1 Å². The fourth-order valence-electron chi connectivity index (χ4n) is 16.8. The molecule has 19 N–H and O–H groups in total. The van der Waals surface area contributed by atoms with Gasteiger partial charge in [-0.15, -0.1) is 0 Å². The van der Waals surface area contributed by atoms with Gasteiger partial charge in [0.2, 0.25) is 94.5 Å². The summed E-state index contributed by atoms with van der Waals surface area (Å²) in [7, 11) is 4.14. The maximum absolute atomic E-state index is 16.7. The van der Waals surface area contributed by atoms with Crippen molar-refractivity contribution in [1.29, 1.82) is 0 Å². The average Bonchev–Trinajstić information content (AvgIpc) is 1.60. The van der Waals surface area contributed by atoms with E-state index in [2.05, 4.69) is 58.2 Å². The minimum atomic E-state index is -1.72. The number of primary amides is 2. The third-order valence-corrected chi connectivity index (χ3v) is 26.4. The number of aromatic hydroxyl groups is 1. The standard InChI is InChI=1S/C95H130ClFN20O20S/c1-10-13-23-74(90(131)107-67(36-53(4)5)89(130)111-72(52-138-51-59(98)12-3)88(129)103-44-79(100)121)113(8)95(136)76(24-14-11-2)114(9)93(134)69-38-58-47-115(73-25-18-16-21-63(58)73)49-83(125)137-50-56-30-33-65(96)84(97)64(56)42-101-43-71(110-91(132)75-26-19-35-116(75)94(135)70(40-78(99)120)109-85(126)54(6)112(7)81(123)34-29-55-27-31-60(118)32-28-55)87(128)105-46-82(124)117-48-61(119)39-77(117)92(133)108-68(86(127)104-45-80(122)106-69)37-57-41-102-66-22-17-15-20-62(57)66/h15-18,20-22,25,27-28,30-33,41,47,53-54,59,61,67-72,74-77,101-102,118-119H,10-14,19,23-24,26,29,34-40,42-46,48-52,98H2,1-9H3,(H2,99,120)(H2,100,121)(H,103,129)(H,104,127)(H,105,128)(H,106,122)(H,107,131)(H,108,133)(H,109,126)(H,110,132)(H,111,130)/t54-,59?,61+,67-,68-,69-,70-,71-,72-,74-,75?,76-,77?/m0/s1. The molecule has 0 spiro atoms. The molecule has 750 valence electrons. The highest BCUT2D eigenvalue weighted by Gasteiger charge is 2.45. The van der Waals surface area contributed by atoms with Crippen molar-refractivity contribution in [3.05, 3.63) is 136 Å². The highest BCUT2D eigenvalue weighted by atomic mass is 35.5. The number of nitrogens with zero attached hydrogens (tertiary/aromatic N) is 6. The second-order valence-corrected chi connectivity index (χ2v) is 37.1. The summed E-state index contributed by atoms with van der Waals surface area (Å²) in [4.78, 5) is 253. The Kier molecular flexibility index (Phi) is 41.1. The van der Waals surface area contributed by atoms with Gasteiger partial charge in [-0.05, 0) is 110 Å². The van der Waals surface area contributed by atoms with E-state index in [-0.39, 0.29) is 110 Å². The third-order valence-electron chi connectivity index (χ3n) is 24.9. The van der Waals surface area contributed by atoms with Gasteiger partial charge in [0.25, 0.3) is 0 Å². The number of H-pyrrole nitrogens is 1. The van der Waals surface area contributed by atoms with Crippen molar-refractivity contribution < 1.29 is 101 Å². The monoisotopic (exact) mass is 1960 g/mol. The second kappa shape index (κ2) is 52.1. The molecule has 2 aromatic heterocycles. The SMILES string of the molecule is CCCC[C@@H](C(=O)N(C)[C@@H](CCCC)C(=O)N[C@@H](CC(C)C)C(=O)N[C@@H](CSCC(N)CC)C(=O)NCC(N)=O)N(C)C(=O)[C@@H]1Cc2cn(c3ccccc23)CC(=O)OCc2ccc(Cl)c(F)c2CNC[C@H](NC(=O)C2CCCN2C(=O)[C@H](CC(N)=O)NC(=O)[C@H](C)N(C)C(=O)CCc2ccc(O)cc2)C(=O)NCC(=O)N2C[C@H](O)CC2C(=O)N[C@@H](Cc2c[nH]c3ccccc23)C(=O)NCC(=O)N1. The van der Waals surface area contributed by atoms with Crippen molar-refractivity contribution >= 4 is 146 Å². The van der Waals surface area contributed by atoms with Gasteiger partial charge in [-0.3, -0.25) is 81.5 Å². The van der Waals surface area contributed by atoms with E-state index >= 15 is 23.6 Å². The molecule has 43 heteroatoms. The normalized spacial score (nSPS) is 19.3. The first-order valence-electron chi connectivity index (χ1n) is 46.5. The second-order valence-electron chi connectivity index (χ2n) is 35.6. The third kappa shape index (κ3) is 30.4. The number of aryl methyl sites for hydroxylation is 1. The molecular weight excluding hydrogens is 1830 g/mol. The number of carbonyl (C=O) groups is 17. The number of nitrogens with two attached hydrogens (primary N) is 3. The topological polar surface area (TPSA) is 575 Å². The van der Waals surface area contributed by atoms with Crippen LogP contribution in [0.4, 0.5) is 4.39 Å². The number of likely N-dealkylation sites (N-methyl/N-ethyl adjacent to an activating group) is 3. The van der Waals surface area contributed by atoms with E-state index in [0.29, 0.717) is 70.8 Å². The number of aromatic nitrogens is 2. The zero-order valence-corrected chi connectivity index (χ0v) is 80.8. The molecule has 3 aliphatic rings. The van der Waals surface area contributed by atoms with Crippen LogP contribution in [0.15, 0.2) is 97.3 Å². The first-order chi connectivity index (χ1) is 65.7. The molecule has 3 unspecified atom stereocenters. The summed E-state index contributed by atoms with van der Waals surface area (Å²) in [6.07, 6.45) is 3.06. The smallest absolute Gasteiger partial charge is 0.326 e. The van der Waals surface area contributed by atoms with Crippen molar-refractivity contribution in [3.8, 4) is 5.75 Å². The van der Waals surface area contributed by atoms with E-state index in [1.54, 1.807) is 73.1 Å². The van der Waals surface area contributed by atoms with Crippen LogP contribution in [0.2, 0.25) is 5.02 Å². The van der Waals surface area contributed by atoms with E-state index < -0.39 is 238 Å². The Hall–Kier alpha value is -12.8. The number of benzene rings is 4. The number of esters is 1. The van der Waals surface area contributed by atoms with Crippen LogP contribution in [0.5, 0.6) is 5.75 Å². The van der Waals surface area contributed by atoms with Crippen LogP contribution < -0.4 is 70.4 Å². The summed E-state index contributed by atoms with van der Waals surface area (Å²) >= 11 is 7.73. The number of hydrogen-bond donors (Lipinski definition) is 16. The summed E-state index contributed by atoms with van der Waals surface area (Å²) in [5.74, 6) is -15.2. The van der Waals surface area contributed by atoms with Gasteiger partial charge >= 0.3 is 5.97 Å². The first kappa shape index (κ1) is 109. The summed E-state index contributed by atoms with van der Waals surface area (Å²) < 4.78 is 24.1. The Labute approximate surface area is 808 Å². The molecule has 0 saturated carbocycles. The molecule has 40 nitrogen and oxygen atoms in total. The van der Waals surface area contributed by atoms with E-state index in [1.165, 1.54) is 78.5 Å². The Morgan fingerprint density at radius 2 is 1.40 bits per heavy atom. The molecule has 0 radical (unpaired) electrons. The fraction of sp³-hybridized carbons (Fsp3) is 0.526. The number of aliphatic hydroxyl groups excluding tert-OH is 1. The minimum Gasteiger partial charge on any atom is -0.508 e. The van der Waals surface area contributed by atoms with Crippen LogP contribution in [0.1, 0.15) is 153 Å². The van der Waals surface area contributed by atoms with E-state index in [4.69, 9.17) is 33.5 Å². The van der Waals surface area contributed by atoms with E-state index in [9.17, 15) is 72.5 Å². The summed E-state index contributed by atoms with van der Waals surface area (Å²) in [6, 6.07) is 6.57. The van der Waals surface area contributed by atoms with Crippen molar-refractivity contribution in [2.75, 3.05) is 71.9 Å². The average molecular weight is 1960 g/mol. The number of phenolic OH excluding ortho intramolecular Hbond substituents is 1. The number of amides is 16. The summed E-state index contributed by atoms with van der Waals surface area (Å²) in [5, 5.41) is 48.5. The van der Waals surface area contributed by atoms with Crippen LogP contribution >= 0.6 is 23.4 Å². The Morgan fingerprint density at radius 3 is 2.09 bits per heavy atom. The van der Waals surface area contributed by atoms with Gasteiger partial charge in [0.05, 0.1) is 37.2 Å². The van der Waals surface area contributed by atoms with Crippen LogP contribution in [0, 0.1) is 11.7 Å². The van der Waals surface area contributed by atoms with Gasteiger partial charge in [0.15, 0.2) is 0 Å². The molecule has 5 heterocycles. The number of rotatable bonds is 37. The molecule has 9 rings (SSSR count). The lowest BCUT2D eigenvalue weighted by molar-refractivity contribution is -0.149. The lowest BCUT2D eigenvalue weighted by Gasteiger charge is -2.36. The molecule has 2 bridgehead atoms. The number of likely N-dealkylation sites (tertiary alicyclic amines) is 1. The minimum absolute atomic E-state index is 0.0218. The summed E-state index contributed by atoms with van der Waals surface area (Å²) in [6.45, 7) is 5.61. The number of ether oxygens (including phenoxy) is 1. The van der Waals surface area contributed by atoms with Gasteiger partial charge in [-0.25, -0.2) is 4.39 Å². The predicted molar refractivity (Wildman–Crippen MR) is 511 cm³/mol. The van der Waals surface area contributed by atoms with E-state index in [1.807, 2.05) is 34.6 Å². The molecule has 3 aliphatic heterocycles.